The Bertz CT molecular complexity index is 442. The van der Waals surface area contributed by atoms with Crippen LogP contribution >= 0.6 is 24.0 Å². The van der Waals surface area contributed by atoms with E-state index in [9.17, 15) is 0 Å². The maximum Gasteiger partial charge on any atom is 0.191 e. The van der Waals surface area contributed by atoms with Crippen LogP contribution in [0.3, 0.4) is 0 Å². The Kier molecular flexibility index (Phi) is 11.3. The second-order valence-corrected chi connectivity index (χ2v) is 6.13. The number of hydrogen-bond donors (Lipinski definition) is 2. The highest BCUT2D eigenvalue weighted by molar-refractivity contribution is 14.0. The summed E-state index contributed by atoms with van der Waals surface area (Å²) in [4.78, 5) is 6.71. The van der Waals surface area contributed by atoms with Crippen LogP contribution in [0.2, 0.25) is 0 Å². The molecular formula is C18H33IN4. The standard InChI is InChI=1S/C18H32N4.HI/c1-6-22(7-2)14-13-20-17(19-5)21-15-18(3,4)16-11-9-8-10-12-16;/h8-12H,6-7,13-15H2,1-5H3,(H2,19,20,21);1H. The number of halogens is 1. The highest BCUT2D eigenvalue weighted by Crippen LogP contribution is 2.21. The number of nitrogens with zero attached hydrogens (tertiary/aromatic N) is 2. The molecule has 132 valence electrons. The van der Waals surface area contributed by atoms with Crippen molar-refractivity contribution in [3.05, 3.63) is 35.9 Å². The molecule has 0 aliphatic carbocycles. The molecule has 0 radical (unpaired) electrons. The quantitative estimate of drug-likeness (QED) is 0.377. The van der Waals surface area contributed by atoms with Crippen LogP contribution in [0.5, 0.6) is 0 Å². The molecule has 0 spiro atoms. The van der Waals surface area contributed by atoms with Crippen molar-refractivity contribution in [3.63, 3.8) is 0 Å². The molecule has 0 aromatic heterocycles. The largest absolute Gasteiger partial charge is 0.356 e. The number of nitrogens with one attached hydrogen (secondary N) is 2. The fourth-order valence-electron chi connectivity index (χ4n) is 2.39. The monoisotopic (exact) mass is 432 g/mol. The molecule has 5 heteroatoms. The lowest BCUT2D eigenvalue weighted by Crippen LogP contribution is -2.45. The molecule has 0 saturated carbocycles. The van der Waals surface area contributed by atoms with Gasteiger partial charge in [-0.2, -0.15) is 0 Å². The van der Waals surface area contributed by atoms with Gasteiger partial charge in [0.1, 0.15) is 0 Å². The van der Waals surface area contributed by atoms with Gasteiger partial charge in [-0.05, 0) is 18.7 Å². The minimum Gasteiger partial charge on any atom is -0.356 e. The third kappa shape index (κ3) is 8.01. The third-order valence-electron chi connectivity index (χ3n) is 4.09. The highest BCUT2D eigenvalue weighted by Gasteiger charge is 2.20. The van der Waals surface area contributed by atoms with E-state index in [2.05, 4.69) is 78.6 Å². The van der Waals surface area contributed by atoms with Crippen molar-refractivity contribution >= 4 is 29.9 Å². The van der Waals surface area contributed by atoms with Gasteiger partial charge in [-0.3, -0.25) is 4.99 Å². The number of hydrogen-bond acceptors (Lipinski definition) is 2. The minimum absolute atomic E-state index is 0. The van der Waals surface area contributed by atoms with E-state index in [-0.39, 0.29) is 29.4 Å². The molecule has 0 bridgehead atoms. The Balaban J connectivity index is 0.00000484. The molecule has 0 unspecified atom stereocenters. The molecule has 0 atom stereocenters. The first-order chi connectivity index (χ1) is 10.5. The summed E-state index contributed by atoms with van der Waals surface area (Å²) in [6.07, 6.45) is 0. The zero-order valence-electron chi connectivity index (χ0n) is 15.2. The van der Waals surface area contributed by atoms with E-state index in [0.717, 1.165) is 38.7 Å². The molecule has 0 fully saturated rings. The molecule has 0 amide bonds. The normalized spacial score (nSPS) is 12.0. The van der Waals surface area contributed by atoms with Crippen LogP contribution in [-0.2, 0) is 5.41 Å². The number of benzene rings is 1. The van der Waals surface area contributed by atoms with Crippen LogP contribution in [0.25, 0.3) is 0 Å². The summed E-state index contributed by atoms with van der Waals surface area (Å²) in [5.41, 5.74) is 1.40. The number of likely N-dealkylation sites (N-methyl/N-ethyl adjacent to an activating group) is 1. The summed E-state index contributed by atoms with van der Waals surface area (Å²) >= 11 is 0. The van der Waals surface area contributed by atoms with Gasteiger partial charge < -0.3 is 15.5 Å². The molecule has 2 N–H and O–H groups in total. The summed E-state index contributed by atoms with van der Waals surface area (Å²) in [5, 5.41) is 6.83. The Hall–Kier alpha value is -0.820. The Morgan fingerprint density at radius 1 is 1.09 bits per heavy atom. The van der Waals surface area contributed by atoms with E-state index < -0.39 is 0 Å². The van der Waals surface area contributed by atoms with E-state index in [1.807, 2.05) is 7.05 Å². The van der Waals surface area contributed by atoms with Crippen molar-refractivity contribution in [1.29, 1.82) is 0 Å². The summed E-state index contributed by atoms with van der Waals surface area (Å²) in [6, 6.07) is 10.6. The molecule has 0 aliphatic heterocycles. The van der Waals surface area contributed by atoms with Crippen molar-refractivity contribution in [1.82, 2.24) is 15.5 Å². The lowest BCUT2D eigenvalue weighted by Gasteiger charge is -2.27. The number of aliphatic imine (C=N–C) groups is 1. The summed E-state index contributed by atoms with van der Waals surface area (Å²) in [5.74, 6) is 0.871. The smallest absolute Gasteiger partial charge is 0.191 e. The first kappa shape index (κ1) is 22.2. The zero-order valence-corrected chi connectivity index (χ0v) is 17.6. The van der Waals surface area contributed by atoms with Crippen LogP contribution in [0.1, 0.15) is 33.3 Å². The van der Waals surface area contributed by atoms with E-state index in [1.165, 1.54) is 5.56 Å². The highest BCUT2D eigenvalue weighted by atomic mass is 127. The molecule has 1 aromatic rings. The van der Waals surface area contributed by atoms with Crippen molar-refractivity contribution in [2.75, 3.05) is 39.8 Å². The Morgan fingerprint density at radius 3 is 2.22 bits per heavy atom. The number of guanidine groups is 1. The van der Waals surface area contributed by atoms with Gasteiger partial charge in [-0.1, -0.05) is 58.0 Å². The topological polar surface area (TPSA) is 39.7 Å². The van der Waals surface area contributed by atoms with Gasteiger partial charge in [0.15, 0.2) is 5.96 Å². The predicted octanol–water partition coefficient (Wildman–Crippen LogP) is 3.09. The van der Waals surface area contributed by atoms with Crippen molar-refractivity contribution < 1.29 is 0 Å². The maximum atomic E-state index is 4.31. The fourth-order valence-corrected chi connectivity index (χ4v) is 2.39. The van der Waals surface area contributed by atoms with Gasteiger partial charge in [0.25, 0.3) is 0 Å². The van der Waals surface area contributed by atoms with Gasteiger partial charge in [0.05, 0.1) is 0 Å². The van der Waals surface area contributed by atoms with Crippen molar-refractivity contribution in [2.45, 2.75) is 33.1 Å². The van der Waals surface area contributed by atoms with Gasteiger partial charge >= 0.3 is 0 Å². The fraction of sp³-hybridized carbons (Fsp3) is 0.611. The van der Waals surface area contributed by atoms with Gasteiger partial charge in [0.2, 0.25) is 0 Å². The van der Waals surface area contributed by atoms with Crippen molar-refractivity contribution in [2.24, 2.45) is 4.99 Å². The summed E-state index contributed by atoms with van der Waals surface area (Å²) in [6.45, 7) is 13.9. The lowest BCUT2D eigenvalue weighted by atomic mass is 9.85. The van der Waals surface area contributed by atoms with E-state index in [1.54, 1.807) is 0 Å². The SMILES string of the molecule is CCN(CC)CCNC(=NC)NCC(C)(C)c1ccccc1.I. The second-order valence-electron chi connectivity index (χ2n) is 6.13. The average Bonchev–Trinajstić information content (AvgIpc) is 2.55. The van der Waals surface area contributed by atoms with E-state index in [0.29, 0.717) is 0 Å². The Morgan fingerprint density at radius 2 is 1.70 bits per heavy atom. The molecule has 0 heterocycles. The minimum atomic E-state index is 0. The van der Waals surface area contributed by atoms with E-state index >= 15 is 0 Å². The van der Waals surface area contributed by atoms with Crippen LogP contribution in [0.4, 0.5) is 0 Å². The maximum absolute atomic E-state index is 4.31. The Labute approximate surface area is 159 Å². The van der Waals surface area contributed by atoms with Crippen LogP contribution in [0, 0.1) is 0 Å². The zero-order chi connectivity index (χ0) is 16.4. The van der Waals surface area contributed by atoms with Crippen LogP contribution < -0.4 is 10.6 Å². The average molecular weight is 432 g/mol. The molecule has 1 rings (SSSR count). The molecule has 0 saturated heterocycles. The van der Waals surface area contributed by atoms with Gasteiger partial charge in [-0.15, -0.1) is 24.0 Å². The molecule has 23 heavy (non-hydrogen) atoms. The second kappa shape index (κ2) is 11.7. The number of rotatable bonds is 8. The summed E-state index contributed by atoms with van der Waals surface area (Å²) < 4.78 is 0. The van der Waals surface area contributed by atoms with Gasteiger partial charge in [-0.25, -0.2) is 0 Å². The van der Waals surface area contributed by atoms with Crippen molar-refractivity contribution in [3.8, 4) is 0 Å². The van der Waals surface area contributed by atoms with Crippen LogP contribution in [0.15, 0.2) is 35.3 Å². The molecular weight excluding hydrogens is 399 g/mol. The summed E-state index contributed by atoms with van der Waals surface area (Å²) in [7, 11) is 1.82. The van der Waals surface area contributed by atoms with E-state index in [4.69, 9.17) is 0 Å². The molecule has 0 aliphatic rings. The molecule has 4 nitrogen and oxygen atoms in total. The molecule has 1 aromatic carbocycles. The lowest BCUT2D eigenvalue weighted by molar-refractivity contribution is 0.308. The third-order valence-corrected chi connectivity index (χ3v) is 4.09. The first-order valence-corrected chi connectivity index (χ1v) is 8.26. The first-order valence-electron chi connectivity index (χ1n) is 8.26. The predicted molar refractivity (Wildman–Crippen MR) is 112 cm³/mol. The van der Waals surface area contributed by atoms with Crippen LogP contribution in [-0.4, -0.2) is 50.6 Å². The van der Waals surface area contributed by atoms with Gasteiger partial charge in [0, 0.05) is 32.1 Å².